The van der Waals surface area contributed by atoms with Gasteiger partial charge in [0.25, 0.3) is 15.9 Å². The summed E-state index contributed by atoms with van der Waals surface area (Å²) in [4.78, 5) is 12.5. The number of anilines is 1. The molecule has 0 aliphatic carbocycles. The quantitative estimate of drug-likeness (QED) is 0.475. The van der Waals surface area contributed by atoms with E-state index in [4.69, 9.17) is 0 Å². The van der Waals surface area contributed by atoms with Crippen LogP contribution in [0.2, 0.25) is 0 Å². The minimum atomic E-state index is -3.76. The van der Waals surface area contributed by atoms with Crippen LogP contribution in [0.15, 0.2) is 51.1 Å². The van der Waals surface area contributed by atoms with Crippen molar-refractivity contribution in [2.45, 2.75) is 18.1 Å². The number of rotatable bonds is 6. The molecule has 0 aliphatic rings. The molecule has 10 heteroatoms. The van der Waals surface area contributed by atoms with Gasteiger partial charge in [0.05, 0.1) is 23.2 Å². The van der Waals surface area contributed by atoms with Crippen molar-refractivity contribution in [2.24, 2.45) is 12.1 Å². The molecule has 0 bridgehead atoms. The summed E-state index contributed by atoms with van der Waals surface area (Å²) in [6.07, 6.45) is 1.52. The first-order chi connectivity index (χ1) is 13.3. The van der Waals surface area contributed by atoms with Gasteiger partial charge in [-0.2, -0.15) is 10.2 Å². The second-order valence-electron chi connectivity index (χ2n) is 5.99. The number of sulfonamides is 1. The number of aryl methyl sites for hydroxylation is 2. The third-order valence-electron chi connectivity index (χ3n) is 4.10. The fourth-order valence-corrected chi connectivity index (χ4v) is 4.65. The maximum absolute atomic E-state index is 12.5. The second kappa shape index (κ2) is 7.95. The zero-order valence-electron chi connectivity index (χ0n) is 15.5. The molecule has 2 aromatic heterocycles. The Labute approximate surface area is 167 Å². The highest BCUT2D eigenvalue weighted by atomic mass is 32.2. The SMILES string of the molecule is Cc1nn(C)c(C)c1/C=N\NC(=O)c1ccccc1NS(=O)(=O)c1cccs1. The number of carbonyl (C=O) groups is 1. The van der Waals surface area contributed by atoms with Gasteiger partial charge in [0.1, 0.15) is 4.21 Å². The van der Waals surface area contributed by atoms with Crippen molar-refractivity contribution < 1.29 is 13.2 Å². The summed E-state index contributed by atoms with van der Waals surface area (Å²) >= 11 is 1.10. The molecule has 2 heterocycles. The van der Waals surface area contributed by atoms with Crippen molar-refractivity contribution >= 4 is 39.2 Å². The van der Waals surface area contributed by atoms with Crippen LogP contribution in [0.3, 0.4) is 0 Å². The molecule has 3 aromatic rings. The highest BCUT2D eigenvalue weighted by Gasteiger charge is 2.19. The lowest BCUT2D eigenvalue weighted by molar-refractivity contribution is 0.0956. The number of nitrogens with one attached hydrogen (secondary N) is 2. The summed E-state index contributed by atoms with van der Waals surface area (Å²) in [7, 11) is -1.93. The van der Waals surface area contributed by atoms with E-state index >= 15 is 0 Å². The van der Waals surface area contributed by atoms with Gasteiger partial charge in [-0.25, -0.2) is 13.8 Å². The molecule has 0 saturated heterocycles. The minimum Gasteiger partial charge on any atom is -0.278 e. The Morgan fingerprint density at radius 2 is 1.96 bits per heavy atom. The van der Waals surface area contributed by atoms with Crippen molar-refractivity contribution in [3.63, 3.8) is 0 Å². The summed E-state index contributed by atoms with van der Waals surface area (Å²) in [5, 5.41) is 9.94. The minimum absolute atomic E-state index is 0.166. The van der Waals surface area contributed by atoms with Gasteiger partial charge in [-0.15, -0.1) is 11.3 Å². The summed E-state index contributed by atoms with van der Waals surface area (Å²) < 4.78 is 29.2. The van der Waals surface area contributed by atoms with E-state index in [1.165, 1.54) is 24.4 Å². The van der Waals surface area contributed by atoms with E-state index < -0.39 is 15.9 Å². The van der Waals surface area contributed by atoms with E-state index in [9.17, 15) is 13.2 Å². The van der Waals surface area contributed by atoms with Crippen LogP contribution >= 0.6 is 11.3 Å². The molecule has 146 valence electrons. The van der Waals surface area contributed by atoms with Gasteiger partial charge in [0, 0.05) is 18.3 Å². The molecule has 0 radical (unpaired) electrons. The number of aromatic nitrogens is 2. The molecular weight excluding hydrogens is 398 g/mol. The zero-order chi connectivity index (χ0) is 20.3. The lowest BCUT2D eigenvalue weighted by atomic mass is 10.2. The number of hydrogen-bond acceptors (Lipinski definition) is 6. The number of nitrogens with zero attached hydrogens (tertiary/aromatic N) is 3. The predicted molar refractivity (Wildman–Crippen MR) is 109 cm³/mol. The van der Waals surface area contributed by atoms with Gasteiger partial charge in [0.2, 0.25) is 0 Å². The maximum Gasteiger partial charge on any atom is 0.273 e. The Bertz CT molecular complexity index is 1130. The molecule has 0 fully saturated rings. The van der Waals surface area contributed by atoms with Crippen molar-refractivity contribution in [1.82, 2.24) is 15.2 Å². The number of hydrazone groups is 1. The molecule has 8 nitrogen and oxygen atoms in total. The van der Waals surface area contributed by atoms with Gasteiger partial charge < -0.3 is 0 Å². The lowest BCUT2D eigenvalue weighted by Crippen LogP contribution is -2.21. The molecule has 0 spiro atoms. The smallest absolute Gasteiger partial charge is 0.273 e. The van der Waals surface area contributed by atoms with Crippen LogP contribution in [0.1, 0.15) is 27.3 Å². The molecular formula is C18H19N5O3S2. The summed E-state index contributed by atoms with van der Waals surface area (Å²) in [5.74, 6) is -0.528. The Balaban J connectivity index is 1.79. The van der Waals surface area contributed by atoms with Crippen molar-refractivity contribution in [3.8, 4) is 0 Å². The van der Waals surface area contributed by atoms with E-state index in [1.54, 1.807) is 28.3 Å². The van der Waals surface area contributed by atoms with Crippen molar-refractivity contribution in [3.05, 3.63) is 64.3 Å². The number of para-hydroxylation sites is 1. The van der Waals surface area contributed by atoms with Crippen LogP contribution in [0, 0.1) is 13.8 Å². The highest BCUT2D eigenvalue weighted by molar-refractivity contribution is 7.94. The van der Waals surface area contributed by atoms with Crippen LogP contribution in [0.25, 0.3) is 0 Å². The fourth-order valence-electron chi connectivity index (χ4n) is 2.57. The van der Waals surface area contributed by atoms with Gasteiger partial charge in [0.15, 0.2) is 0 Å². The normalized spacial score (nSPS) is 11.7. The van der Waals surface area contributed by atoms with Gasteiger partial charge >= 0.3 is 0 Å². The average molecular weight is 418 g/mol. The first-order valence-electron chi connectivity index (χ1n) is 8.28. The fraction of sp³-hybridized carbons (Fsp3) is 0.167. The van der Waals surface area contributed by atoms with E-state index in [0.29, 0.717) is 0 Å². The molecule has 0 unspecified atom stereocenters. The Kier molecular flexibility index (Phi) is 5.61. The zero-order valence-corrected chi connectivity index (χ0v) is 17.1. The topological polar surface area (TPSA) is 105 Å². The van der Waals surface area contributed by atoms with E-state index in [-0.39, 0.29) is 15.5 Å². The first-order valence-corrected chi connectivity index (χ1v) is 10.6. The number of carbonyl (C=O) groups excluding carboxylic acids is 1. The van der Waals surface area contributed by atoms with E-state index in [2.05, 4.69) is 20.3 Å². The lowest BCUT2D eigenvalue weighted by Gasteiger charge is -2.10. The molecule has 1 amide bonds. The van der Waals surface area contributed by atoms with Crippen LogP contribution in [0.5, 0.6) is 0 Å². The monoisotopic (exact) mass is 417 g/mol. The molecule has 0 aliphatic heterocycles. The summed E-state index contributed by atoms with van der Waals surface area (Å²) in [5.41, 5.74) is 5.30. The molecule has 1 aromatic carbocycles. The Morgan fingerprint density at radius 1 is 1.21 bits per heavy atom. The molecule has 0 atom stereocenters. The number of hydrogen-bond donors (Lipinski definition) is 2. The Morgan fingerprint density at radius 3 is 2.61 bits per heavy atom. The van der Waals surface area contributed by atoms with Crippen LogP contribution in [0.4, 0.5) is 5.69 Å². The van der Waals surface area contributed by atoms with Crippen LogP contribution < -0.4 is 10.1 Å². The average Bonchev–Trinajstić information content (AvgIpc) is 3.27. The summed E-state index contributed by atoms with van der Waals surface area (Å²) in [6, 6.07) is 9.50. The standard InChI is InChI=1S/C18H19N5O3S2/c1-12-15(13(2)23(3)21-12)11-19-20-18(24)14-7-4-5-8-16(14)22-28(25,26)17-9-6-10-27-17/h4-11,22H,1-3H3,(H,20,24)/b19-11-. The van der Waals surface area contributed by atoms with E-state index in [0.717, 1.165) is 28.3 Å². The maximum atomic E-state index is 12.5. The largest absolute Gasteiger partial charge is 0.278 e. The molecule has 3 rings (SSSR count). The predicted octanol–water partition coefficient (Wildman–Crippen LogP) is 2.66. The molecule has 28 heavy (non-hydrogen) atoms. The molecule has 2 N–H and O–H groups in total. The Hall–Kier alpha value is -2.98. The summed E-state index contributed by atoms with van der Waals surface area (Å²) in [6.45, 7) is 3.75. The van der Waals surface area contributed by atoms with Crippen LogP contribution in [-0.4, -0.2) is 30.3 Å². The second-order valence-corrected chi connectivity index (χ2v) is 8.85. The van der Waals surface area contributed by atoms with Crippen molar-refractivity contribution in [2.75, 3.05) is 4.72 Å². The highest BCUT2D eigenvalue weighted by Crippen LogP contribution is 2.22. The molecule has 0 saturated carbocycles. The third kappa shape index (κ3) is 4.12. The number of amides is 1. The van der Waals surface area contributed by atoms with Gasteiger partial charge in [-0.05, 0) is 37.4 Å². The third-order valence-corrected chi connectivity index (χ3v) is 6.86. The van der Waals surface area contributed by atoms with Crippen LogP contribution in [-0.2, 0) is 17.1 Å². The number of benzene rings is 1. The van der Waals surface area contributed by atoms with Crippen molar-refractivity contribution in [1.29, 1.82) is 0 Å². The first kappa shape index (κ1) is 19.8. The number of thiophene rings is 1. The van der Waals surface area contributed by atoms with E-state index in [1.807, 2.05) is 20.9 Å². The van der Waals surface area contributed by atoms with Gasteiger partial charge in [-0.1, -0.05) is 18.2 Å². The van der Waals surface area contributed by atoms with Gasteiger partial charge in [-0.3, -0.25) is 14.2 Å².